The van der Waals surface area contributed by atoms with Gasteiger partial charge in [0.1, 0.15) is 0 Å². The molecule has 0 radical (unpaired) electrons. The lowest BCUT2D eigenvalue weighted by Gasteiger charge is -2.28. The van der Waals surface area contributed by atoms with Crippen molar-refractivity contribution in [2.45, 2.75) is 50.3 Å². The maximum absolute atomic E-state index is 12.9. The van der Waals surface area contributed by atoms with Gasteiger partial charge in [0.25, 0.3) is 5.91 Å². The molecule has 6 heteroatoms. The van der Waals surface area contributed by atoms with E-state index in [9.17, 15) is 13.2 Å². The van der Waals surface area contributed by atoms with Crippen molar-refractivity contribution in [3.63, 3.8) is 0 Å². The van der Waals surface area contributed by atoms with E-state index in [2.05, 4.69) is 0 Å². The lowest BCUT2D eigenvalue weighted by atomic mass is 10.1. The van der Waals surface area contributed by atoms with Crippen LogP contribution in [0.25, 0.3) is 0 Å². The minimum atomic E-state index is -3.50. The summed E-state index contributed by atoms with van der Waals surface area (Å²) < 4.78 is 27.3. The van der Waals surface area contributed by atoms with Gasteiger partial charge < -0.3 is 4.90 Å². The average Bonchev–Trinajstić information content (AvgIpc) is 2.63. The van der Waals surface area contributed by atoms with Gasteiger partial charge in [0.15, 0.2) is 0 Å². The van der Waals surface area contributed by atoms with Crippen LogP contribution in [0.2, 0.25) is 0 Å². The van der Waals surface area contributed by atoms with Gasteiger partial charge in [0.05, 0.1) is 4.90 Å². The van der Waals surface area contributed by atoms with E-state index in [1.54, 1.807) is 22.5 Å². The molecule has 1 aromatic rings. The van der Waals surface area contributed by atoms with E-state index in [0.717, 1.165) is 57.2 Å². The van der Waals surface area contributed by atoms with Gasteiger partial charge in [-0.1, -0.05) is 12.5 Å². The summed E-state index contributed by atoms with van der Waals surface area (Å²) in [4.78, 5) is 14.9. The molecule has 1 amide bonds. The first-order chi connectivity index (χ1) is 11.5. The maximum atomic E-state index is 12.9. The number of nitrogens with zero attached hydrogens (tertiary/aromatic N) is 2. The Bertz CT molecular complexity index is 703. The van der Waals surface area contributed by atoms with E-state index in [-0.39, 0.29) is 10.8 Å². The van der Waals surface area contributed by atoms with Crippen molar-refractivity contribution in [2.24, 2.45) is 0 Å². The molecule has 3 rings (SSSR count). The van der Waals surface area contributed by atoms with Crippen LogP contribution in [-0.4, -0.2) is 49.7 Å². The van der Waals surface area contributed by atoms with Crippen LogP contribution in [0.1, 0.15) is 54.4 Å². The molecule has 0 spiro atoms. The number of carbonyl (C=O) groups excluding carboxylic acids is 1. The molecule has 0 N–H and O–H groups in total. The molecule has 0 aromatic heterocycles. The van der Waals surface area contributed by atoms with E-state index < -0.39 is 10.0 Å². The number of sulfonamides is 1. The Kier molecular flexibility index (Phi) is 5.25. The molecule has 5 nitrogen and oxygen atoms in total. The van der Waals surface area contributed by atoms with Gasteiger partial charge in [-0.15, -0.1) is 0 Å². The van der Waals surface area contributed by atoms with Crippen LogP contribution >= 0.6 is 0 Å². The Morgan fingerprint density at radius 2 is 1.50 bits per heavy atom. The van der Waals surface area contributed by atoms with Gasteiger partial charge >= 0.3 is 0 Å². The van der Waals surface area contributed by atoms with Crippen LogP contribution in [0.15, 0.2) is 23.1 Å². The molecule has 1 aromatic carbocycles. The summed E-state index contributed by atoms with van der Waals surface area (Å²) in [6.45, 7) is 4.55. The normalized spacial score (nSPS) is 20.1. The topological polar surface area (TPSA) is 57.7 Å². The SMILES string of the molecule is Cc1ccc(S(=O)(=O)N2CCCCC2)cc1C(=O)N1CCCCC1. The third kappa shape index (κ3) is 3.49. The molecule has 132 valence electrons. The number of rotatable bonds is 3. The van der Waals surface area contributed by atoms with Gasteiger partial charge in [-0.2, -0.15) is 4.31 Å². The number of amides is 1. The van der Waals surface area contributed by atoms with E-state index >= 15 is 0 Å². The number of likely N-dealkylation sites (tertiary alicyclic amines) is 1. The maximum Gasteiger partial charge on any atom is 0.254 e. The Balaban J connectivity index is 1.89. The molecule has 2 fully saturated rings. The number of aryl methyl sites for hydroxylation is 1. The Labute approximate surface area is 144 Å². The molecule has 0 unspecified atom stereocenters. The number of hydrogen-bond donors (Lipinski definition) is 0. The van der Waals surface area contributed by atoms with E-state index in [0.29, 0.717) is 18.7 Å². The van der Waals surface area contributed by atoms with Crippen molar-refractivity contribution in [3.05, 3.63) is 29.3 Å². The van der Waals surface area contributed by atoms with Crippen molar-refractivity contribution >= 4 is 15.9 Å². The van der Waals surface area contributed by atoms with Gasteiger partial charge in [0, 0.05) is 31.7 Å². The number of piperidine rings is 2. The first kappa shape index (κ1) is 17.4. The third-order valence-electron chi connectivity index (χ3n) is 5.04. The van der Waals surface area contributed by atoms with Crippen molar-refractivity contribution in [1.82, 2.24) is 9.21 Å². The number of hydrogen-bond acceptors (Lipinski definition) is 3. The Morgan fingerprint density at radius 3 is 2.12 bits per heavy atom. The van der Waals surface area contributed by atoms with Crippen molar-refractivity contribution in [1.29, 1.82) is 0 Å². The third-order valence-corrected chi connectivity index (χ3v) is 6.93. The second-order valence-corrected chi connectivity index (χ2v) is 8.73. The predicted octanol–water partition coefficient (Wildman–Crippen LogP) is 2.80. The molecular weight excluding hydrogens is 324 g/mol. The highest BCUT2D eigenvalue weighted by molar-refractivity contribution is 7.89. The summed E-state index contributed by atoms with van der Waals surface area (Å²) >= 11 is 0. The summed E-state index contributed by atoms with van der Waals surface area (Å²) in [5.41, 5.74) is 1.36. The second kappa shape index (κ2) is 7.23. The Hall–Kier alpha value is -1.40. The highest BCUT2D eigenvalue weighted by Crippen LogP contribution is 2.24. The highest BCUT2D eigenvalue weighted by atomic mass is 32.2. The van der Waals surface area contributed by atoms with Crippen LogP contribution in [0, 0.1) is 6.92 Å². The fourth-order valence-electron chi connectivity index (χ4n) is 3.51. The Morgan fingerprint density at radius 1 is 0.917 bits per heavy atom. The lowest BCUT2D eigenvalue weighted by molar-refractivity contribution is 0.0723. The molecule has 0 bridgehead atoms. The second-order valence-electron chi connectivity index (χ2n) is 6.79. The van der Waals surface area contributed by atoms with Crippen molar-refractivity contribution < 1.29 is 13.2 Å². The van der Waals surface area contributed by atoms with Crippen LogP contribution in [0.3, 0.4) is 0 Å². The van der Waals surface area contributed by atoms with Crippen LogP contribution < -0.4 is 0 Å². The molecule has 0 atom stereocenters. The zero-order valence-corrected chi connectivity index (χ0v) is 15.1. The summed E-state index contributed by atoms with van der Waals surface area (Å²) in [5.74, 6) is -0.0390. The molecule has 0 aliphatic carbocycles. The summed E-state index contributed by atoms with van der Waals surface area (Å²) in [6, 6.07) is 4.97. The van der Waals surface area contributed by atoms with Gasteiger partial charge in [-0.05, 0) is 56.7 Å². The smallest absolute Gasteiger partial charge is 0.254 e. The lowest BCUT2D eigenvalue weighted by Crippen LogP contribution is -2.37. The molecule has 0 saturated carbocycles. The average molecular weight is 350 g/mol. The van der Waals surface area contributed by atoms with E-state index in [1.165, 1.54) is 0 Å². The van der Waals surface area contributed by atoms with Crippen LogP contribution in [-0.2, 0) is 10.0 Å². The van der Waals surface area contributed by atoms with Crippen LogP contribution in [0.4, 0.5) is 0 Å². The molecule has 2 heterocycles. The molecule has 24 heavy (non-hydrogen) atoms. The van der Waals surface area contributed by atoms with Crippen LogP contribution in [0.5, 0.6) is 0 Å². The first-order valence-corrected chi connectivity index (χ1v) is 10.3. The summed E-state index contributed by atoms with van der Waals surface area (Å²) in [5, 5.41) is 0. The molecular formula is C18H26N2O3S. The predicted molar refractivity (Wildman–Crippen MR) is 93.5 cm³/mol. The largest absolute Gasteiger partial charge is 0.339 e. The molecule has 2 aliphatic heterocycles. The molecule has 2 aliphatic rings. The monoisotopic (exact) mass is 350 g/mol. The minimum Gasteiger partial charge on any atom is -0.339 e. The minimum absolute atomic E-state index is 0.0390. The van der Waals surface area contributed by atoms with E-state index in [4.69, 9.17) is 0 Å². The highest BCUT2D eigenvalue weighted by Gasteiger charge is 2.28. The van der Waals surface area contributed by atoms with Gasteiger partial charge in [0.2, 0.25) is 10.0 Å². The summed E-state index contributed by atoms with van der Waals surface area (Å²) in [6.07, 6.45) is 6.10. The van der Waals surface area contributed by atoms with Gasteiger partial charge in [-0.3, -0.25) is 4.79 Å². The fraction of sp³-hybridized carbons (Fsp3) is 0.611. The van der Waals surface area contributed by atoms with Crippen molar-refractivity contribution in [3.8, 4) is 0 Å². The fourth-order valence-corrected chi connectivity index (χ4v) is 5.06. The van der Waals surface area contributed by atoms with Crippen molar-refractivity contribution in [2.75, 3.05) is 26.2 Å². The summed E-state index contributed by atoms with van der Waals surface area (Å²) in [7, 11) is -3.50. The quantitative estimate of drug-likeness (QED) is 0.842. The van der Waals surface area contributed by atoms with E-state index in [1.807, 2.05) is 11.8 Å². The zero-order chi connectivity index (χ0) is 17.2. The zero-order valence-electron chi connectivity index (χ0n) is 14.3. The number of benzene rings is 1. The number of carbonyl (C=O) groups is 1. The van der Waals surface area contributed by atoms with Gasteiger partial charge in [-0.25, -0.2) is 8.42 Å². The standard InChI is InChI=1S/C18H26N2O3S/c1-15-8-9-16(24(22,23)20-12-6-3-7-13-20)14-17(15)18(21)19-10-4-2-5-11-19/h8-9,14H,2-7,10-13H2,1H3. The molecule has 2 saturated heterocycles. The first-order valence-electron chi connectivity index (χ1n) is 8.90.